The van der Waals surface area contributed by atoms with E-state index in [0.717, 1.165) is 4.90 Å². The number of thioether (sulfide) groups is 1. The van der Waals surface area contributed by atoms with E-state index in [1.54, 1.807) is 6.92 Å². The molecule has 28 heavy (non-hydrogen) atoms. The van der Waals surface area contributed by atoms with Gasteiger partial charge in [-0.15, -0.1) is 11.8 Å². The van der Waals surface area contributed by atoms with Crippen molar-refractivity contribution in [3.8, 4) is 0 Å². The number of carboxylic acid groups (broad SMARTS) is 1. The number of rotatable bonds is 6. The second-order valence-electron chi connectivity index (χ2n) is 6.23. The number of hydrogen-bond acceptors (Lipinski definition) is 7. The smallest absolute Gasteiger partial charge is 0.352 e. The predicted molar refractivity (Wildman–Crippen MR) is 98.3 cm³/mol. The van der Waals surface area contributed by atoms with Gasteiger partial charge in [-0.25, -0.2) is 4.79 Å². The Morgan fingerprint density at radius 1 is 1.46 bits per heavy atom. The number of carbonyl (C=O) groups excluding carboxylic acids is 3. The number of amides is 2. The zero-order valence-electron chi connectivity index (χ0n) is 15.0. The third-order valence-electron chi connectivity index (χ3n) is 4.35. The molecule has 1 aromatic rings. The summed E-state index contributed by atoms with van der Waals surface area (Å²) in [6.45, 7) is 2.62. The van der Waals surface area contributed by atoms with Gasteiger partial charge in [-0.2, -0.15) is 5.10 Å². The normalized spacial score (nSPS) is 21.1. The molecule has 0 bridgehead atoms. The van der Waals surface area contributed by atoms with E-state index in [1.807, 2.05) is 0 Å². The van der Waals surface area contributed by atoms with Gasteiger partial charge in [0.1, 0.15) is 30.3 Å². The van der Waals surface area contributed by atoms with Crippen molar-refractivity contribution < 1.29 is 29.0 Å². The van der Waals surface area contributed by atoms with Crippen LogP contribution in [0.1, 0.15) is 12.6 Å². The molecule has 0 spiro atoms. The van der Waals surface area contributed by atoms with Crippen LogP contribution in [0.3, 0.4) is 0 Å². The summed E-state index contributed by atoms with van der Waals surface area (Å²) >= 11 is 7.20. The minimum Gasteiger partial charge on any atom is -0.477 e. The van der Waals surface area contributed by atoms with Gasteiger partial charge in [-0.05, 0) is 6.92 Å². The molecule has 12 heteroatoms. The fourth-order valence-corrected chi connectivity index (χ4v) is 4.39. The SMILES string of the molecule is CC(=O)OCC1=C(C(=O)O)N2C(=O)[C@@H](NC(=O)Cn3ncc(Cl)c3C)[C@@H]2SC1. The predicted octanol–water partition coefficient (Wildman–Crippen LogP) is 0.147. The van der Waals surface area contributed by atoms with Gasteiger partial charge in [0.2, 0.25) is 5.91 Å². The average molecular weight is 429 g/mol. The first-order valence-corrected chi connectivity index (χ1v) is 9.64. The molecule has 2 N–H and O–H groups in total. The summed E-state index contributed by atoms with van der Waals surface area (Å²) in [7, 11) is 0. The molecule has 0 saturated carbocycles. The van der Waals surface area contributed by atoms with Crippen molar-refractivity contribution >= 4 is 47.1 Å². The number of nitrogens with zero attached hydrogens (tertiary/aromatic N) is 3. The fraction of sp³-hybridized carbons (Fsp3) is 0.438. The van der Waals surface area contributed by atoms with E-state index in [1.165, 1.54) is 29.6 Å². The number of fused-ring (bicyclic) bond motifs is 1. The van der Waals surface area contributed by atoms with E-state index < -0.39 is 35.2 Å². The first-order chi connectivity index (χ1) is 13.2. The van der Waals surface area contributed by atoms with Crippen LogP contribution in [0, 0.1) is 6.92 Å². The number of ether oxygens (including phenoxy) is 1. The Labute approximate surface area is 168 Å². The summed E-state index contributed by atoms with van der Waals surface area (Å²) < 4.78 is 6.28. The number of aromatic nitrogens is 2. The van der Waals surface area contributed by atoms with Gasteiger partial charge in [0, 0.05) is 18.2 Å². The fourth-order valence-electron chi connectivity index (χ4n) is 2.92. The van der Waals surface area contributed by atoms with Gasteiger partial charge in [0.05, 0.1) is 16.9 Å². The zero-order chi connectivity index (χ0) is 20.6. The Bertz CT molecular complexity index is 898. The van der Waals surface area contributed by atoms with Crippen molar-refractivity contribution in [1.29, 1.82) is 0 Å². The lowest BCUT2D eigenvalue weighted by Crippen LogP contribution is -2.70. The molecule has 1 fully saturated rings. The second-order valence-corrected chi connectivity index (χ2v) is 7.74. The van der Waals surface area contributed by atoms with Crippen molar-refractivity contribution in [3.05, 3.63) is 28.2 Å². The maximum atomic E-state index is 12.5. The maximum absolute atomic E-state index is 12.5. The highest BCUT2D eigenvalue weighted by Crippen LogP contribution is 2.40. The third-order valence-corrected chi connectivity index (χ3v) is 6.06. The van der Waals surface area contributed by atoms with Crippen LogP contribution in [0.5, 0.6) is 0 Å². The second kappa shape index (κ2) is 7.84. The highest BCUT2D eigenvalue weighted by atomic mass is 35.5. The molecule has 0 aliphatic carbocycles. The molecular formula is C16H17ClN4O6S. The lowest BCUT2D eigenvalue weighted by molar-refractivity contribution is -0.151. The molecule has 150 valence electrons. The quantitative estimate of drug-likeness (QED) is 0.483. The van der Waals surface area contributed by atoms with Crippen LogP contribution in [0.2, 0.25) is 5.02 Å². The summed E-state index contributed by atoms with van der Waals surface area (Å²) in [5.41, 5.74) is 0.760. The van der Waals surface area contributed by atoms with Crippen LogP contribution in [-0.2, 0) is 30.5 Å². The zero-order valence-corrected chi connectivity index (χ0v) is 16.5. The van der Waals surface area contributed by atoms with Crippen molar-refractivity contribution in [2.75, 3.05) is 12.4 Å². The molecule has 10 nitrogen and oxygen atoms in total. The molecule has 2 amide bonds. The molecule has 0 aromatic carbocycles. The molecule has 2 atom stereocenters. The number of hydrogen-bond donors (Lipinski definition) is 2. The number of esters is 1. The molecule has 2 aliphatic rings. The number of carbonyl (C=O) groups is 4. The van der Waals surface area contributed by atoms with E-state index >= 15 is 0 Å². The first kappa shape index (κ1) is 20.2. The van der Waals surface area contributed by atoms with Crippen LogP contribution < -0.4 is 5.32 Å². The lowest BCUT2D eigenvalue weighted by atomic mass is 10.0. The minimum absolute atomic E-state index is 0.112. The molecule has 1 aromatic heterocycles. The van der Waals surface area contributed by atoms with Crippen LogP contribution >= 0.6 is 23.4 Å². The number of halogens is 1. The van der Waals surface area contributed by atoms with Gasteiger partial charge in [0.15, 0.2) is 0 Å². The summed E-state index contributed by atoms with van der Waals surface area (Å²) in [6, 6.07) is -0.839. The van der Waals surface area contributed by atoms with Crippen molar-refractivity contribution in [1.82, 2.24) is 20.0 Å². The lowest BCUT2D eigenvalue weighted by Gasteiger charge is -2.49. The van der Waals surface area contributed by atoms with Gasteiger partial charge in [-0.1, -0.05) is 11.6 Å². The number of carboxylic acids is 1. The van der Waals surface area contributed by atoms with Crippen LogP contribution in [0.4, 0.5) is 0 Å². The standard InChI is InChI=1S/C16H17ClN4O6S/c1-7-10(17)3-18-20(7)4-11(23)19-12-14(24)21-13(16(25)26)9(5-27-8(2)22)6-28-15(12)21/h3,12,15H,4-6H2,1-2H3,(H,19,23)(H,25,26)/t12-,15+/m1/s1. The Balaban J connectivity index is 1.69. The van der Waals surface area contributed by atoms with Crippen LogP contribution in [-0.4, -0.2) is 67.3 Å². The van der Waals surface area contributed by atoms with Crippen molar-refractivity contribution in [2.24, 2.45) is 0 Å². The Morgan fingerprint density at radius 3 is 2.75 bits per heavy atom. The van der Waals surface area contributed by atoms with E-state index in [4.69, 9.17) is 16.3 Å². The highest BCUT2D eigenvalue weighted by molar-refractivity contribution is 8.00. The van der Waals surface area contributed by atoms with Gasteiger partial charge < -0.3 is 15.2 Å². The Hall–Kier alpha value is -2.53. The molecule has 3 heterocycles. The highest BCUT2D eigenvalue weighted by Gasteiger charge is 2.54. The molecule has 0 radical (unpaired) electrons. The van der Waals surface area contributed by atoms with Crippen molar-refractivity contribution in [3.63, 3.8) is 0 Å². The van der Waals surface area contributed by atoms with Crippen molar-refractivity contribution in [2.45, 2.75) is 31.8 Å². The van der Waals surface area contributed by atoms with E-state index in [2.05, 4.69) is 10.4 Å². The number of nitrogens with one attached hydrogen (secondary N) is 1. The van der Waals surface area contributed by atoms with Crippen LogP contribution in [0.15, 0.2) is 17.5 Å². The summed E-state index contributed by atoms with van der Waals surface area (Å²) in [6.07, 6.45) is 1.42. The molecule has 3 rings (SSSR count). The molecule has 1 saturated heterocycles. The Kier molecular flexibility index (Phi) is 5.66. The Morgan fingerprint density at radius 2 is 2.18 bits per heavy atom. The summed E-state index contributed by atoms with van der Waals surface area (Å²) in [5.74, 6) is -2.53. The molecule has 2 aliphatic heterocycles. The largest absolute Gasteiger partial charge is 0.477 e. The third kappa shape index (κ3) is 3.72. The molecular weight excluding hydrogens is 412 g/mol. The first-order valence-electron chi connectivity index (χ1n) is 8.21. The maximum Gasteiger partial charge on any atom is 0.352 e. The van der Waals surface area contributed by atoms with Gasteiger partial charge in [0.25, 0.3) is 5.91 Å². The monoisotopic (exact) mass is 428 g/mol. The van der Waals surface area contributed by atoms with E-state index in [0.29, 0.717) is 16.3 Å². The van der Waals surface area contributed by atoms with Gasteiger partial charge in [-0.3, -0.25) is 24.0 Å². The van der Waals surface area contributed by atoms with E-state index in [-0.39, 0.29) is 24.6 Å². The summed E-state index contributed by atoms with van der Waals surface area (Å²) in [5, 5.41) is 16.0. The van der Waals surface area contributed by atoms with Crippen LogP contribution in [0.25, 0.3) is 0 Å². The number of β-lactam (4-membered cyclic amide) rings is 1. The molecule has 0 unspecified atom stereocenters. The minimum atomic E-state index is -1.28. The average Bonchev–Trinajstić information content (AvgIpc) is 2.95. The van der Waals surface area contributed by atoms with E-state index in [9.17, 15) is 24.3 Å². The summed E-state index contributed by atoms with van der Waals surface area (Å²) in [4.78, 5) is 48.5. The number of aliphatic carboxylic acids is 1. The topological polar surface area (TPSA) is 131 Å². The van der Waals surface area contributed by atoms with Gasteiger partial charge >= 0.3 is 11.9 Å².